The minimum atomic E-state index is -0.0131. The Morgan fingerprint density at radius 1 is 1.13 bits per heavy atom. The van der Waals surface area contributed by atoms with Gasteiger partial charge in [-0.05, 0) is 43.2 Å². The number of fused-ring (bicyclic) bond motifs is 1. The fourth-order valence-electron chi connectivity index (χ4n) is 4.02. The molecule has 1 aliphatic heterocycles. The quantitative estimate of drug-likeness (QED) is 0.560. The second-order valence-corrected chi connectivity index (χ2v) is 7.61. The van der Waals surface area contributed by atoms with E-state index in [0.29, 0.717) is 32.1 Å². The van der Waals surface area contributed by atoms with Crippen molar-refractivity contribution < 1.29 is 23.4 Å². The topological polar surface area (TPSA) is 61.1 Å². The maximum Gasteiger partial charge on any atom is 0.247 e. The van der Waals surface area contributed by atoms with Crippen molar-refractivity contribution in [3.05, 3.63) is 53.8 Å². The molecule has 3 aromatic rings. The number of amides is 1. The molecule has 0 spiro atoms. The van der Waals surface area contributed by atoms with Gasteiger partial charge < -0.3 is 23.5 Å². The average molecular weight is 421 g/mol. The van der Waals surface area contributed by atoms with E-state index >= 15 is 0 Å². The number of ether oxygens (including phenoxy) is 3. The smallest absolute Gasteiger partial charge is 0.247 e. The third kappa shape index (κ3) is 4.03. The summed E-state index contributed by atoms with van der Waals surface area (Å²) in [6.07, 6.45) is 3.44. The number of morpholine rings is 1. The highest BCUT2D eigenvalue weighted by atomic mass is 16.5. The molecule has 0 bridgehead atoms. The lowest BCUT2D eigenvalue weighted by atomic mass is 9.96. The summed E-state index contributed by atoms with van der Waals surface area (Å²) in [7, 11) is 3.29. The lowest BCUT2D eigenvalue weighted by Crippen LogP contribution is -2.39. The molecule has 31 heavy (non-hydrogen) atoms. The van der Waals surface area contributed by atoms with E-state index in [1.807, 2.05) is 49.1 Å². The van der Waals surface area contributed by atoms with Crippen molar-refractivity contribution in [2.75, 3.05) is 40.5 Å². The normalized spacial score (nSPS) is 14.7. The highest BCUT2D eigenvalue weighted by Crippen LogP contribution is 2.41. The van der Waals surface area contributed by atoms with E-state index in [0.717, 1.165) is 44.5 Å². The zero-order chi connectivity index (χ0) is 22.0. The van der Waals surface area contributed by atoms with Crippen LogP contribution in [0, 0.1) is 6.92 Å². The first kappa shape index (κ1) is 21.0. The molecule has 1 aliphatic rings. The third-order valence-corrected chi connectivity index (χ3v) is 5.72. The fourth-order valence-corrected chi connectivity index (χ4v) is 4.02. The number of carbonyl (C=O) groups excluding carboxylic acids is 1. The van der Waals surface area contributed by atoms with Crippen molar-refractivity contribution in [1.82, 2.24) is 4.90 Å². The number of hydrogen-bond acceptors (Lipinski definition) is 5. The molecule has 6 nitrogen and oxygen atoms in total. The molecule has 1 fully saturated rings. The zero-order valence-corrected chi connectivity index (χ0v) is 18.4. The first-order valence-electron chi connectivity index (χ1n) is 10.3. The Hall–Kier alpha value is -3.25. The van der Waals surface area contributed by atoms with Crippen molar-refractivity contribution in [3.8, 4) is 22.6 Å². The number of allylic oxidation sites excluding steroid dienone is 1. The Balaban J connectivity index is 1.80. The summed E-state index contributed by atoms with van der Waals surface area (Å²) in [5.74, 6) is 1.48. The number of methoxy groups -OCH3 is 2. The van der Waals surface area contributed by atoms with Crippen LogP contribution in [0.4, 0.5) is 0 Å². The number of furan rings is 1. The second-order valence-electron chi connectivity index (χ2n) is 7.61. The van der Waals surface area contributed by atoms with Gasteiger partial charge in [-0.1, -0.05) is 12.1 Å². The van der Waals surface area contributed by atoms with Crippen molar-refractivity contribution in [3.63, 3.8) is 0 Å². The van der Waals surface area contributed by atoms with Crippen LogP contribution in [-0.4, -0.2) is 51.3 Å². The summed E-state index contributed by atoms with van der Waals surface area (Å²) in [6, 6.07) is 9.91. The molecule has 4 rings (SSSR count). The molecule has 2 aromatic carbocycles. The fraction of sp³-hybridized carbons (Fsp3) is 0.320. The van der Waals surface area contributed by atoms with Crippen LogP contribution in [0.5, 0.6) is 11.5 Å². The van der Waals surface area contributed by atoms with Gasteiger partial charge >= 0.3 is 0 Å². The summed E-state index contributed by atoms with van der Waals surface area (Å²) in [6.45, 7) is 6.28. The monoisotopic (exact) mass is 421 g/mol. The number of benzene rings is 2. The highest BCUT2D eigenvalue weighted by molar-refractivity contribution is 6.01. The van der Waals surface area contributed by atoms with Crippen molar-refractivity contribution >= 4 is 22.4 Å². The van der Waals surface area contributed by atoms with E-state index in [1.165, 1.54) is 0 Å². The Morgan fingerprint density at radius 3 is 2.61 bits per heavy atom. The van der Waals surface area contributed by atoms with E-state index in [4.69, 9.17) is 18.6 Å². The van der Waals surface area contributed by atoms with Gasteiger partial charge in [0, 0.05) is 41.2 Å². The predicted octanol–water partition coefficient (Wildman–Crippen LogP) is 4.69. The maximum absolute atomic E-state index is 12.8. The maximum atomic E-state index is 12.8. The molecule has 162 valence electrons. The molecule has 6 heteroatoms. The summed E-state index contributed by atoms with van der Waals surface area (Å²) < 4.78 is 22.4. The second kappa shape index (κ2) is 8.86. The van der Waals surface area contributed by atoms with Crippen LogP contribution in [0.15, 0.2) is 47.1 Å². The Bertz CT molecular complexity index is 1140. The van der Waals surface area contributed by atoms with Crippen LogP contribution in [0.25, 0.3) is 27.7 Å². The van der Waals surface area contributed by atoms with Gasteiger partial charge in [-0.2, -0.15) is 0 Å². The molecule has 1 amide bonds. The van der Waals surface area contributed by atoms with Crippen LogP contribution in [0.3, 0.4) is 0 Å². The minimum Gasteiger partial charge on any atom is -0.497 e. The number of rotatable bonds is 5. The van der Waals surface area contributed by atoms with Gasteiger partial charge in [0.15, 0.2) is 0 Å². The van der Waals surface area contributed by atoms with Gasteiger partial charge in [-0.3, -0.25) is 4.79 Å². The van der Waals surface area contributed by atoms with Crippen molar-refractivity contribution in [1.29, 1.82) is 0 Å². The SMILES string of the molecule is COc1cccc(-c2coc3c(C)c(OC)c(/C(C)=C/C(=O)N4CCOCC4)cc23)c1. The minimum absolute atomic E-state index is 0.0131. The van der Waals surface area contributed by atoms with Gasteiger partial charge in [0.05, 0.1) is 33.7 Å². The molecule has 1 aromatic heterocycles. The number of hydrogen-bond donors (Lipinski definition) is 0. The van der Waals surface area contributed by atoms with Gasteiger partial charge in [0.25, 0.3) is 0 Å². The Kier molecular flexibility index (Phi) is 6.00. The third-order valence-electron chi connectivity index (χ3n) is 5.72. The van der Waals surface area contributed by atoms with E-state index in [1.54, 1.807) is 26.6 Å². The summed E-state index contributed by atoms with van der Waals surface area (Å²) in [5.41, 5.74) is 5.35. The predicted molar refractivity (Wildman–Crippen MR) is 121 cm³/mol. The first-order chi connectivity index (χ1) is 15.0. The van der Waals surface area contributed by atoms with Crippen molar-refractivity contribution in [2.24, 2.45) is 0 Å². The molecule has 0 N–H and O–H groups in total. The molecule has 0 radical (unpaired) electrons. The number of carbonyl (C=O) groups is 1. The molecule has 0 atom stereocenters. The van der Waals surface area contributed by atoms with Gasteiger partial charge in [0.2, 0.25) is 5.91 Å². The molecule has 2 heterocycles. The average Bonchev–Trinajstić information content (AvgIpc) is 3.24. The highest BCUT2D eigenvalue weighted by Gasteiger charge is 2.20. The molecule has 0 aliphatic carbocycles. The number of aryl methyl sites for hydroxylation is 1. The lowest BCUT2D eigenvalue weighted by molar-refractivity contribution is -0.129. The van der Waals surface area contributed by atoms with Gasteiger partial charge in [-0.15, -0.1) is 0 Å². The Labute approximate surface area is 182 Å². The molecule has 1 saturated heterocycles. The molecule has 0 unspecified atom stereocenters. The van der Waals surface area contributed by atoms with Crippen LogP contribution in [-0.2, 0) is 9.53 Å². The van der Waals surface area contributed by atoms with E-state index in [9.17, 15) is 4.79 Å². The zero-order valence-electron chi connectivity index (χ0n) is 18.4. The summed E-state index contributed by atoms with van der Waals surface area (Å²) >= 11 is 0. The summed E-state index contributed by atoms with van der Waals surface area (Å²) in [4.78, 5) is 14.6. The van der Waals surface area contributed by atoms with E-state index < -0.39 is 0 Å². The standard InChI is InChI=1S/C25H27NO5/c1-16(12-23(27)26-8-10-30-11-9-26)20-14-21-22(18-6-5-7-19(13-18)28-3)15-31-25(21)17(2)24(20)29-4/h5-7,12-15H,8-11H2,1-4H3/b16-12+. The van der Waals surface area contributed by atoms with Gasteiger partial charge in [0.1, 0.15) is 17.1 Å². The lowest BCUT2D eigenvalue weighted by Gasteiger charge is -2.26. The molecular formula is C25H27NO5. The molecule has 0 saturated carbocycles. The largest absolute Gasteiger partial charge is 0.497 e. The first-order valence-corrected chi connectivity index (χ1v) is 10.3. The van der Waals surface area contributed by atoms with E-state index in [-0.39, 0.29) is 5.91 Å². The molecular weight excluding hydrogens is 394 g/mol. The Morgan fingerprint density at radius 2 is 1.90 bits per heavy atom. The van der Waals surface area contributed by atoms with Crippen LogP contribution >= 0.6 is 0 Å². The van der Waals surface area contributed by atoms with Crippen molar-refractivity contribution in [2.45, 2.75) is 13.8 Å². The van der Waals surface area contributed by atoms with Crippen LogP contribution in [0.1, 0.15) is 18.1 Å². The van der Waals surface area contributed by atoms with Crippen LogP contribution in [0.2, 0.25) is 0 Å². The van der Waals surface area contributed by atoms with Crippen LogP contribution < -0.4 is 9.47 Å². The number of nitrogens with zero attached hydrogens (tertiary/aromatic N) is 1. The summed E-state index contributed by atoms with van der Waals surface area (Å²) in [5, 5.41) is 0.966. The van der Waals surface area contributed by atoms with Gasteiger partial charge in [-0.25, -0.2) is 0 Å². The van der Waals surface area contributed by atoms with E-state index in [2.05, 4.69) is 0 Å².